The molecule has 0 spiro atoms. The summed E-state index contributed by atoms with van der Waals surface area (Å²) in [5.41, 5.74) is 0. The predicted molar refractivity (Wildman–Crippen MR) is 14.6 cm³/mol. The topological polar surface area (TPSA) is 58.9 Å². The molecule has 0 bridgehead atoms. The second kappa shape index (κ2) is 41.8. The van der Waals surface area contributed by atoms with Crippen molar-refractivity contribution in [2.75, 3.05) is 0 Å². The minimum atomic E-state index is 0. The van der Waals surface area contributed by atoms with Crippen LogP contribution in [0.4, 0.5) is 0 Å². The minimum absolute atomic E-state index is 0. The van der Waals surface area contributed by atoms with Crippen molar-refractivity contribution in [3.63, 3.8) is 0 Å². The Hall–Kier alpha value is -0.835. The second-order valence-corrected chi connectivity index (χ2v) is 0.403. The zero-order chi connectivity index (χ0) is 4.83. The molecule has 0 fully saturated rings. The molecule has 0 rings (SSSR count). The van der Waals surface area contributed by atoms with Gasteiger partial charge in [-0.05, 0) is 0 Å². The minimum Gasteiger partial charge on any atom is -0.536 e. The maximum absolute atomic E-state index is 7.59. The summed E-state index contributed by atoms with van der Waals surface area (Å²) in [6.45, 7) is 0.597. The molecule has 0 aromatic heterocycles. The van der Waals surface area contributed by atoms with Crippen LogP contribution >= 0.6 is 0 Å². The largest absolute Gasteiger partial charge is 0.536 e. The van der Waals surface area contributed by atoms with Gasteiger partial charge in [-0.15, -0.1) is 0 Å². The Balaban J connectivity index is -0.0000000208. The van der Waals surface area contributed by atoms with Crippen LogP contribution in [0.2, 0.25) is 0 Å². The van der Waals surface area contributed by atoms with Crippen LogP contribution in [0.1, 0.15) is 0 Å². The molecule has 0 aliphatic carbocycles. The zero-order valence-corrected chi connectivity index (χ0v) is 23.3. The molecule has 0 aromatic rings. The van der Waals surface area contributed by atoms with Gasteiger partial charge >= 0.3 is 0 Å². The van der Waals surface area contributed by atoms with Gasteiger partial charge in [0.05, 0.1) is 0 Å². The summed E-state index contributed by atoms with van der Waals surface area (Å²) in [4.78, 5) is 7.22. The van der Waals surface area contributed by atoms with E-state index < -0.39 is 0 Å². The molecule has 56 valence electrons. The number of hydrogen-bond acceptors (Lipinski definition) is 4. The van der Waals surface area contributed by atoms with Crippen LogP contribution in [0, 0.1) is 13.6 Å². The molecule has 0 saturated carbocycles. The molecule has 2 radical (unpaired) electrons. The summed E-state index contributed by atoms with van der Waals surface area (Å²) >= 11 is 0. The fourth-order valence-corrected chi connectivity index (χ4v) is 0.0497. The van der Waals surface area contributed by atoms with E-state index in [4.69, 9.17) is 10.2 Å². The number of aliphatic hydroxyl groups is 2. The van der Waals surface area contributed by atoms with Crippen LogP contribution in [0.15, 0.2) is 0 Å². The SMILES string of the molecule is O[CH-]OO[CH-]O.[Re].[Re].[Rf].[Rf]. The molecular weight excluding hydrogens is 994 g/mol. The molecule has 0 aliphatic rings. The maximum atomic E-state index is 7.59. The zero-order valence-electron chi connectivity index (χ0n) is 5.04. The average molecular weight is 998 g/mol. The van der Waals surface area contributed by atoms with E-state index in [0.717, 1.165) is 0 Å². The number of aliphatic hydroxyl groups excluding tert-OH is 2. The molecule has 10 heavy (non-hydrogen) atoms. The molecule has 0 unspecified atom stereocenters. The molecule has 0 atom stereocenters. The van der Waals surface area contributed by atoms with E-state index in [2.05, 4.69) is 9.78 Å². The van der Waals surface area contributed by atoms with Crippen molar-refractivity contribution in [3.8, 4) is 0 Å². The summed E-state index contributed by atoms with van der Waals surface area (Å²) in [6.07, 6.45) is 0. The van der Waals surface area contributed by atoms with E-state index in [1.54, 1.807) is 0 Å². The van der Waals surface area contributed by atoms with Crippen LogP contribution in [0.25, 0.3) is 0 Å². The first kappa shape index (κ1) is 35.2. The van der Waals surface area contributed by atoms with Gasteiger partial charge in [-0.25, -0.2) is 0 Å². The second-order valence-electron chi connectivity index (χ2n) is 0.403. The third-order valence-corrected chi connectivity index (χ3v) is 0.142. The van der Waals surface area contributed by atoms with Crippen LogP contribution in [0.5, 0.6) is 0 Å². The van der Waals surface area contributed by atoms with Crippen LogP contribution < -0.4 is 0 Å². The van der Waals surface area contributed by atoms with E-state index in [0.29, 0.717) is 13.6 Å². The van der Waals surface area contributed by atoms with Crippen LogP contribution in [0.3, 0.4) is 0 Å². The van der Waals surface area contributed by atoms with Gasteiger partial charge in [-0.2, -0.15) is 0 Å². The molecule has 0 heterocycles. The number of rotatable bonds is 3. The third-order valence-electron chi connectivity index (χ3n) is 0.142. The fourth-order valence-electron chi connectivity index (χ4n) is 0.0497. The third kappa shape index (κ3) is 58.1. The quantitative estimate of drug-likeness (QED) is 0.180. The first-order valence-electron chi connectivity index (χ1n) is 1.15. The van der Waals surface area contributed by atoms with Gasteiger partial charge in [0.2, 0.25) is 0 Å². The Morgan fingerprint density at radius 3 is 1.10 bits per heavy atom. The Labute approximate surface area is 74.4 Å². The predicted octanol–water partition coefficient (Wildman–Crippen LogP) is -0.0868. The van der Waals surface area contributed by atoms with Gasteiger partial charge in [0, 0.05) is 40.8 Å². The van der Waals surface area contributed by atoms with E-state index in [-0.39, 0.29) is 40.8 Å². The van der Waals surface area contributed by atoms with Crippen molar-refractivity contribution >= 4 is 0 Å². The Bertz CT molecular complexity index is 31.2. The summed E-state index contributed by atoms with van der Waals surface area (Å²) in [5, 5.41) is 15.2. The van der Waals surface area contributed by atoms with Gasteiger partial charge in [0.15, 0.2) is 0 Å². The smallest absolute Gasteiger partial charge is 0 e. The molecule has 8 heteroatoms. The maximum Gasteiger partial charge on any atom is 0 e. The summed E-state index contributed by atoms with van der Waals surface area (Å²) < 4.78 is 0. The molecule has 4 nitrogen and oxygen atoms in total. The summed E-state index contributed by atoms with van der Waals surface area (Å²) in [6, 6.07) is 0. The standard InChI is InChI=1S/C2H4O4.2Re.2Rf/c3-1-5-6-2-4;;;;/h1-4H;;;;/q-2;;;;. The van der Waals surface area contributed by atoms with E-state index in [1.807, 2.05) is 0 Å². The van der Waals surface area contributed by atoms with Crippen molar-refractivity contribution in [2.45, 2.75) is 0 Å². The molecule has 0 aliphatic heterocycles. The number of hydrogen-bond donors (Lipinski definition) is 2. The summed E-state index contributed by atoms with van der Waals surface area (Å²) in [7, 11) is 0. The van der Waals surface area contributed by atoms with Crippen molar-refractivity contribution in [3.05, 3.63) is 13.6 Å². The van der Waals surface area contributed by atoms with Gasteiger partial charge in [0.1, 0.15) is 0 Å². The fraction of sp³-hybridized carbons (Fsp3) is 0. The van der Waals surface area contributed by atoms with Crippen molar-refractivity contribution in [1.29, 1.82) is 0 Å². The monoisotopic (exact) mass is 1000 g/mol. The van der Waals surface area contributed by atoms with Crippen LogP contribution in [-0.2, 0) is 50.6 Å². The summed E-state index contributed by atoms with van der Waals surface area (Å²) in [5.74, 6) is 0. The molecule has 0 amide bonds. The van der Waals surface area contributed by atoms with Crippen LogP contribution in [-0.4, -0.2) is 10.2 Å². The average Bonchev–Trinajstić information content (AvgIpc) is 1.61. The van der Waals surface area contributed by atoms with Gasteiger partial charge < -0.3 is 20.0 Å². The molecule has 2 N–H and O–H groups in total. The first-order valence-corrected chi connectivity index (χ1v) is 1.15. The van der Waals surface area contributed by atoms with Crippen molar-refractivity contribution in [2.24, 2.45) is 0 Å². The van der Waals surface area contributed by atoms with Gasteiger partial charge in [-0.3, -0.25) is 0 Å². The molecule has 0 saturated heterocycles. The van der Waals surface area contributed by atoms with Gasteiger partial charge in [-0.1, -0.05) is 13.6 Å². The molecular formula is C2H4O4Re2Rf2-2. The Kier molecular flexibility index (Phi) is 147. The van der Waals surface area contributed by atoms with Crippen molar-refractivity contribution in [1.82, 2.24) is 0 Å². The van der Waals surface area contributed by atoms with Gasteiger partial charge in [0.25, 0.3) is 0 Å². The Morgan fingerprint density at radius 2 is 1.00 bits per heavy atom. The van der Waals surface area contributed by atoms with E-state index in [1.165, 1.54) is 0 Å². The normalized spacial score (nSPS) is 5.40. The first-order chi connectivity index (χ1) is 2.91. The van der Waals surface area contributed by atoms with Crippen molar-refractivity contribution < 1.29 is 60.8 Å². The Morgan fingerprint density at radius 1 is 0.800 bits per heavy atom. The molecule has 0 aromatic carbocycles. The van der Waals surface area contributed by atoms with E-state index in [9.17, 15) is 0 Å². The van der Waals surface area contributed by atoms with E-state index >= 15 is 0 Å².